The summed E-state index contributed by atoms with van der Waals surface area (Å²) in [6.07, 6.45) is 10.1. The second-order valence-electron chi connectivity index (χ2n) is 8.75. The first-order valence-corrected chi connectivity index (χ1v) is 11.1. The second-order valence-corrected chi connectivity index (χ2v) is 8.75. The summed E-state index contributed by atoms with van der Waals surface area (Å²) < 4.78 is 18.3. The Morgan fingerprint density at radius 1 is 1.33 bits per heavy atom. The molecule has 1 amide bonds. The number of aromatic nitrogens is 1. The van der Waals surface area contributed by atoms with Crippen LogP contribution in [-0.2, 0) is 19.9 Å². The minimum Gasteiger partial charge on any atom is -0.498 e. The number of hydrogen-bond acceptors (Lipinski definition) is 5. The number of carbonyl (C=O) groups excluding carboxylic acids is 1. The molecule has 1 aromatic heterocycles. The van der Waals surface area contributed by atoms with Gasteiger partial charge < -0.3 is 19.5 Å². The highest BCUT2D eigenvalue weighted by molar-refractivity contribution is 5.73. The maximum Gasteiger partial charge on any atom is 0.217 e. The Bertz CT molecular complexity index is 841. The van der Waals surface area contributed by atoms with Gasteiger partial charge in [0.15, 0.2) is 5.60 Å². The molecule has 2 atom stereocenters. The third-order valence-corrected chi connectivity index (χ3v) is 6.04. The van der Waals surface area contributed by atoms with Gasteiger partial charge in [-0.2, -0.15) is 0 Å². The fraction of sp³-hybridized carbons (Fsp3) is 0.583. The number of nitrogens with one attached hydrogen (secondary N) is 1. The molecule has 0 radical (unpaired) electrons. The van der Waals surface area contributed by atoms with E-state index in [1.807, 2.05) is 19.1 Å². The highest BCUT2D eigenvalue weighted by Crippen LogP contribution is 2.47. The molecular formula is C24H32N2O4. The monoisotopic (exact) mass is 412 g/mol. The fourth-order valence-corrected chi connectivity index (χ4v) is 4.08. The molecule has 2 aliphatic carbocycles. The largest absolute Gasteiger partial charge is 0.498 e. The lowest BCUT2D eigenvalue weighted by atomic mass is 9.87. The molecule has 4 rings (SSSR count). The topological polar surface area (TPSA) is 69.7 Å². The summed E-state index contributed by atoms with van der Waals surface area (Å²) in [5.41, 5.74) is 1.87. The summed E-state index contributed by atoms with van der Waals surface area (Å²) in [6.45, 7) is 6.81. The van der Waals surface area contributed by atoms with E-state index in [0.29, 0.717) is 12.4 Å². The third-order valence-electron chi connectivity index (χ3n) is 6.04. The molecule has 6 nitrogen and oxygen atoms in total. The molecule has 6 heteroatoms. The van der Waals surface area contributed by atoms with Crippen molar-refractivity contribution in [2.75, 3.05) is 13.2 Å². The van der Waals surface area contributed by atoms with Gasteiger partial charge in [0.1, 0.15) is 18.1 Å². The quantitative estimate of drug-likeness (QED) is 0.652. The first kappa shape index (κ1) is 20.8. The van der Waals surface area contributed by atoms with Gasteiger partial charge in [-0.25, -0.2) is 0 Å². The number of rotatable bonds is 9. The highest BCUT2D eigenvalue weighted by Gasteiger charge is 2.42. The van der Waals surface area contributed by atoms with Crippen LogP contribution in [0.1, 0.15) is 65.0 Å². The zero-order chi connectivity index (χ0) is 21.1. The van der Waals surface area contributed by atoms with E-state index >= 15 is 0 Å². The molecule has 0 saturated heterocycles. The molecule has 1 N–H and O–H groups in total. The first-order chi connectivity index (χ1) is 14.5. The van der Waals surface area contributed by atoms with Crippen LogP contribution in [0.3, 0.4) is 0 Å². The van der Waals surface area contributed by atoms with Crippen LogP contribution in [0.5, 0.6) is 5.75 Å². The Hall–Kier alpha value is -2.50. The Labute approximate surface area is 178 Å². The van der Waals surface area contributed by atoms with Gasteiger partial charge in [0, 0.05) is 25.8 Å². The van der Waals surface area contributed by atoms with Gasteiger partial charge in [0.05, 0.1) is 30.3 Å². The van der Waals surface area contributed by atoms with Crippen molar-refractivity contribution in [2.45, 2.75) is 70.9 Å². The maximum absolute atomic E-state index is 11.1. The van der Waals surface area contributed by atoms with Crippen LogP contribution in [0.25, 0.3) is 0 Å². The van der Waals surface area contributed by atoms with E-state index in [0.717, 1.165) is 55.4 Å². The fourth-order valence-electron chi connectivity index (χ4n) is 4.08. The summed E-state index contributed by atoms with van der Waals surface area (Å²) in [7, 11) is 0. The smallest absolute Gasteiger partial charge is 0.217 e. The van der Waals surface area contributed by atoms with Crippen molar-refractivity contribution in [1.29, 1.82) is 0 Å². The maximum atomic E-state index is 11.1. The average molecular weight is 413 g/mol. The zero-order valence-electron chi connectivity index (χ0n) is 18.2. The lowest BCUT2D eigenvalue weighted by molar-refractivity contribution is -0.119. The van der Waals surface area contributed by atoms with Crippen molar-refractivity contribution in [3.63, 3.8) is 0 Å². The normalized spacial score (nSPS) is 23.9. The van der Waals surface area contributed by atoms with E-state index in [1.165, 1.54) is 25.3 Å². The van der Waals surface area contributed by atoms with Crippen molar-refractivity contribution in [3.8, 4) is 5.75 Å². The van der Waals surface area contributed by atoms with Gasteiger partial charge in [-0.1, -0.05) is 6.92 Å². The van der Waals surface area contributed by atoms with E-state index in [4.69, 9.17) is 14.2 Å². The first-order valence-electron chi connectivity index (χ1n) is 11.1. The summed E-state index contributed by atoms with van der Waals surface area (Å²) in [5, 5.41) is 2.81. The van der Waals surface area contributed by atoms with Crippen LogP contribution in [-0.4, -0.2) is 30.1 Å². The van der Waals surface area contributed by atoms with Crippen LogP contribution in [0.2, 0.25) is 0 Å². The Balaban J connectivity index is 1.38. The number of hydrogen-bond donors (Lipinski definition) is 1. The van der Waals surface area contributed by atoms with Gasteiger partial charge in [-0.3, -0.25) is 9.78 Å². The molecular weight excluding hydrogens is 380 g/mol. The van der Waals surface area contributed by atoms with Crippen molar-refractivity contribution < 1.29 is 19.0 Å². The van der Waals surface area contributed by atoms with Gasteiger partial charge in [-0.05, 0) is 56.2 Å². The van der Waals surface area contributed by atoms with E-state index in [9.17, 15) is 4.79 Å². The number of allylic oxidation sites excluding steroid dienone is 2. The summed E-state index contributed by atoms with van der Waals surface area (Å²) in [4.78, 5) is 15.8. The Kier molecular flexibility index (Phi) is 6.02. The third kappa shape index (κ3) is 4.79. The standard InChI is InChI=1S/C24H32N2O4/c1-4-24(23-10-9-21(13-25-23)28-14-16(2)26-17(3)27)12-19-7-8-20(11-22(19)30-24)29-15-18-5-6-18/h9-11,13,16,18H,4-8,12,14-15H2,1-3H3,(H,26,27)/t16-,24?/m0/s1. The molecule has 1 unspecified atom stereocenters. The summed E-state index contributed by atoms with van der Waals surface area (Å²) in [5.74, 6) is 3.41. The van der Waals surface area contributed by atoms with Crippen molar-refractivity contribution in [2.24, 2.45) is 5.92 Å². The number of ether oxygens (including phenoxy) is 3. The number of pyridine rings is 1. The van der Waals surface area contributed by atoms with E-state index in [-0.39, 0.29) is 11.9 Å². The lowest BCUT2D eigenvalue weighted by Crippen LogP contribution is -2.35. The molecule has 162 valence electrons. The Morgan fingerprint density at radius 2 is 2.17 bits per heavy atom. The molecule has 2 heterocycles. The number of nitrogens with zero attached hydrogens (tertiary/aromatic N) is 1. The van der Waals surface area contributed by atoms with Crippen molar-refractivity contribution in [3.05, 3.63) is 47.2 Å². The predicted molar refractivity (Wildman–Crippen MR) is 114 cm³/mol. The van der Waals surface area contributed by atoms with Crippen molar-refractivity contribution in [1.82, 2.24) is 10.3 Å². The average Bonchev–Trinajstić information content (AvgIpc) is 3.49. The van der Waals surface area contributed by atoms with E-state index in [2.05, 4.69) is 23.3 Å². The summed E-state index contributed by atoms with van der Waals surface area (Å²) in [6, 6.07) is 3.87. The van der Waals surface area contributed by atoms with Crippen LogP contribution < -0.4 is 10.1 Å². The highest BCUT2D eigenvalue weighted by atomic mass is 16.5. The molecule has 3 aliphatic rings. The summed E-state index contributed by atoms with van der Waals surface area (Å²) >= 11 is 0. The number of amides is 1. The minimum atomic E-state index is -0.422. The van der Waals surface area contributed by atoms with E-state index < -0.39 is 5.60 Å². The molecule has 0 aromatic carbocycles. The predicted octanol–water partition coefficient (Wildman–Crippen LogP) is 4.37. The minimum absolute atomic E-state index is 0.0543. The second kappa shape index (κ2) is 8.70. The molecule has 30 heavy (non-hydrogen) atoms. The molecule has 1 saturated carbocycles. The van der Waals surface area contributed by atoms with Crippen molar-refractivity contribution >= 4 is 5.91 Å². The van der Waals surface area contributed by atoms with Crippen LogP contribution in [0.15, 0.2) is 41.5 Å². The van der Waals surface area contributed by atoms with Crippen LogP contribution in [0.4, 0.5) is 0 Å². The molecule has 1 fully saturated rings. The van der Waals surface area contributed by atoms with E-state index in [1.54, 1.807) is 6.20 Å². The molecule has 0 spiro atoms. The lowest BCUT2D eigenvalue weighted by Gasteiger charge is -2.28. The van der Waals surface area contributed by atoms with Crippen LogP contribution in [0, 0.1) is 5.92 Å². The van der Waals surface area contributed by atoms with Crippen LogP contribution >= 0.6 is 0 Å². The van der Waals surface area contributed by atoms with Gasteiger partial charge in [-0.15, -0.1) is 0 Å². The van der Waals surface area contributed by atoms with Gasteiger partial charge in [0.2, 0.25) is 5.91 Å². The molecule has 1 aromatic rings. The molecule has 0 bridgehead atoms. The van der Waals surface area contributed by atoms with Gasteiger partial charge >= 0.3 is 0 Å². The number of carbonyl (C=O) groups is 1. The van der Waals surface area contributed by atoms with Gasteiger partial charge in [0.25, 0.3) is 0 Å². The Morgan fingerprint density at radius 3 is 2.83 bits per heavy atom. The molecule has 1 aliphatic heterocycles. The SMILES string of the molecule is CCC1(c2ccc(OC[C@H](C)NC(C)=O)cn2)CC2=C(C=C(OCC3CC3)CC2)O1. The zero-order valence-corrected chi connectivity index (χ0v) is 18.2.